The van der Waals surface area contributed by atoms with Gasteiger partial charge in [-0.25, -0.2) is 9.37 Å². The highest BCUT2D eigenvalue weighted by molar-refractivity contribution is 9.09. The highest BCUT2D eigenvalue weighted by Gasteiger charge is 2.38. The van der Waals surface area contributed by atoms with Gasteiger partial charge in [-0.15, -0.1) is 0 Å². The normalized spacial score (nSPS) is 27.4. The van der Waals surface area contributed by atoms with Crippen LogP contribution < -0.4 is 0 Å². The fourth-order valence-corrected chi connectivity index (χ4v) is 4.27. The third kappa shape index (κ3) is 3.32. The van der Waals surface area contributed by atoms with Crippen LogP contribution in [0.25, 0.3) is 11.0 Å². The predicted molar refractivity (Wildman–Crippen MR) is 104 cm³/mol. The first-order chi connectivity index (χ1) is 12.0. The molecule has 1 aromatic carbocycles. The maximum Gasteiger partial charge on any atom is 0.125 e. The summed E-state index contributed by atoms with van der Waals surface area (Å²) in [6, 6.07) is 5.27. The van der Waals surface area contributed by atoms with Crippen LogP contribution in [0.15, 0.2) is 42.0 Å². The predicted octanol–water partition coefficient (Wildman–Crippen LogP) is 4.78. The van der Waals surface area contributed by atoms with Gasteiger partial charge >= 0.3 is 0 Å². The van der Waals surface area contributed by atoms with Gasteiger partial charge in [-0.2, -0.15) is 0 Å². The van der Waals surface area contributed by atoms with E-state index >= 15 is 0 Å². The van der Waals surface area contributed by atoms with E-state index < -0.39 is 0 Å². The number of hydrogen-bond donors (Lipinski definition) is 1. The molecule has 2 aliphatic rings. The fraction of sp³-hybridized carbons (Fsp3) is 0.450. The van der Waals surface area contributed by atoms with Gasteiger partial charge < -0.3 is 4.98 Å². The molecule has 1 aromatic heterocycles. The van der Waals surface area contributed by atoms with Crippen LogP contribution in [0, 0.1) is 11.7 Å². The molecule has 1 fully saturated rings. The number of rotatable bonds is 3. The first-order valence-corrected chi connectivity index (χ1v) is 9.84. The summed E-state index contributed by atoms with van der Waals surface area (Å²) in [4.78, 5) is 11.1. The third-order valence-corrected chi connectivity index (χ3v) is 6.08. The van der Waals surface area contributed by atoms with Gasteiger partial charge in [0, 0.05) is 35.8 Å². The number of hydrogen-bond acceptors (Lipinski definition) is 2. The maximum absolute atomic E-state index is 13.5. The van der Waals surface area contributed by atoms with Gasteiger partial charge in [-0.3, -0.25) is 4.90 Å². The van der Waals surface area contributed by atoms with Crippen LogP contribution in [0.1, 0.15) is 32.0 Å². The largest absolute Gasteiger partial charge is 0.342 e. The average molecular weight is 404 g/mol. The second-order valence-electron chi connectivity index (χ2n) is 7.36. The standard InChI is InChI=1S/C20H23BrFN3/c1-12(2)25-10-16(13-3-5-14(21)6-4-13)17(11-25)20-23-18-8-7-15(22)9-19(18)24-20/h3-5,7-9,12,14,16-17H,6,10-11H2,1-2H3,(H,23,24). The van der Waals surface area contributed by atoms with Gasteiger partial charge in [0.25, 0.3) is 0 Å². The van der Waals surface area contributed by atoms with Crippen molar-refractivity contribution < 1.29 is 4.39 Å². The van der Waals surface area contributed by atoms with Crippen LogP contribution in [-0.2, 0) is 0 Å². The number of nitrogens with zero attached hydrogens (tertiary/aromatic N) is 2. The SMILES string of the molecule is CC(C)N1CC(C2=CCC(Br)C=C2)C(c2nc3ccc(F)cc3[nH]2)C1. The minimum absolute atomic E-state index is 0.226. The van der Waals surface area contributed by atoms with E-state index in [4.69, 9.17) is 4.98 Å². The third-order valence-electron chi connectivity index (χ3n) is 5.40. The van der Waals surface area contributed by atoms with Crippen molar-refractivity contribution in [3.63, 3.8) is 0 Å². The fourth-order valence-electron chi connectivity index (χ4n) is 3.93. The van der Waals surface area contributed by atoms with E-state index in [9.17, 15) is 4.39 Å². The summed E-state index contributed by atoms with van der Waals surface area (Å²) in [5, 5.41) is 0. The average Bonchev–Trinajstić information content (AvgIpc) is 3.19. The molecule has 0 bridgehead atoms. The van der Waals surface area contributed by atoms with Crippen molar-refractivity contribution in [3.8, 4) is 0 Å². The van der Waals surface area contributed by atoms with Crippen LogP contribution >= 0.6 is 15.9 Å². The topological polar surface area (TPSA) is 31.9 Å². The highest BCUT2D eigenvalue weighted by Crippen LogP contribution is 2.39. The maximum atomic E-state index is 13.5. The number of alkyl halides is 1. The minimum Gasteiger partial charge on any atom is -0.342 e. The molecular weight excluding hydrogens is 381 g/mol. The Morgan fingerprint density at radius 1 is 1.28 bits per heavy atom. The molecule has 0 saturated carbocycles. The number of halogens is 2. The zero-order valence-corrected chi connectivity index (χ0v) is 16.1. The van der Waals surface area contributed by atoms with Gasteiger partial charge in [0.15, 0.2) is 0 Å². The summed E-state index contributed by atoms with van der Waals surface area (Å²) in [6.45, 7) is 6.50. The zero-order valence-electron chi connectivity index (χ0n) is 14.5. The first kappa shape index (κ1) is 17.0. The van der Waals surface area contributed by atoms with Crippen molar-refractivity contribution >= 4 is 27.0 Å². The van der Waals surface area contributed by atoms with E-state index in [0.717, 1.165) is 36.4 Å². The molecule has 1 saturated heterocycles. The van der Waals surface area contributed by atoms with Gasteiger partial charge in [0.2, 0.25) is 0 Å². The molecule has 5 heteroatoms. The molecule has 1 N–H and O–H groups in total. The van der Waals surface area contributed by atoms with E-state index in [-0.39, 0.29) is 5.82 Å². The van der Waals surface area contributed by atoms with Crippen molar-refractivity contribution in [3.05, 3.63) is 53.6 Å². The number of aromatic nitrogens is 2. The molecule has 4 rings (SSSR count). The van der Waals surface area contributed by atoms with Crippen molar-refractivity contribution in [2.45, 2.75) is 37.1 Å². The highest BCUT2D eigenvalue weighted by atomic mass is 79.9. The van der Waals surface area contributed by atoms with Crippen LogP contribution in [0.5, 0.6) is 0 Å². The van der Waals surface area contributed by atoms with Gasteiger partial charge in [-0.1, -0.05) is 34.2 Å². The lowest BCUT2D eigenvalue weighted by atomic mass is 9.85. The minimum atomic E-state index is -0.226. The molecule has 2 aromatic rings. The summed E-state index contributed by atoms with van der Waals surface area (Å²) in [5.74, 6) is 1.48. The molecule has 1 aliphatic heterocycles. The smallest absolute Gasteiger partial charge is 0.125 e. The molecule has 3 unspecified atom stereocenters. The summed E-state index contributed by atoms with van der Waals surface area (Å²) in [7, 11) is 0. The molecule has 3 atom stereocenters. The quantitative estimate of drug-likeness (QED) is 0.747. The van der Waals surface area contributed by atoms with E-state index in [1.807, 2.05) is 0 Å². The molecule has 3 nitrogen and oxygen atoms in total. The summed E-state index contributed by atoms with van der Waals surface area (Å²) >= 11 is 3.65. The Bertz CT molecular complexity index is 839. The number of aromatic amines is 1. The number of benzene rings is 1. The number of imidazole rings is 1. The molecular formula is C20H23BrFN3. The van der Waals surface area contributed by atoms with Gasteiger partial charge in [0.05, 0.1) is 11.0 Å². The van der Waals surface area contributed by atoms with Crippen molar-refractivity contribution in [1.82, 2.24) is 14.9 Å². The van der Waals surface area contributed by atoms with Crippen molar-refractivity contribution in [1.29, 1.82) is 0 Å². The van der Waals surface area contributed by atoms with Crippen molar-refractivity contribution in [2.75, 3.05) is 13.1 Å². The molecule has 132 valence electrons. The van der Waals surface area contributed by atoms with E-state index in [1.165, 1.54) is 17.7 Å². The summed E-state index contributed by atoms with van der Waals surface area (Å²) < 4.78 is 13.5. The Balaban J connectivity index is 1.69. The molecule has 1 aliphatic carbocycles. The van der Waals surface area contributed by atoms with Crippen LogP contribution in [-0.4, -0.2) is 38.8 Å². The van der Waals surface area contributed by atoms with Crippen LogP contribution in [0.2, 0.25) is 0 Å². The number of fused-ring (bicyclic) bond motifs is 1. The number of H-pyrrole nitrogens is 1. The summed E-state index contributed by atoms with van der Waals surface area (Å²) in [6.07, 6.45) is 7.87. The monoisotopic (exact) mass is 403 g/mol. The number of allylic oxidation sites excluding steroid dienone is 3. The van der Waals surface area contributed by atoms with Crippen molar-refractivity contribution in [2.24, 2.45) is 5.92 Å². The Labute approximate surface area is 156 Å². The van der Waals surface area contributed by atoms with Gasteiger partial charge in [-0.05, 0) is 44.0 Å². The lowest BCUT2D eigenvalue weighted by Crippen LogP contribution is -2.28. The molecule has 25 heavy (non-hydrogen) atoms. The Morgan fingerprint density at radius 3 is 2.80 bits per heavy atom. The first-order valence-electron chi connectivity index (χ1n) is 8.93. The molecule has 0 spiro atoms. The summed E-state index contributed by atoms with van der Waals surface area (Å²) in [5.41, 5.74) is 3.02. The molecule has 0 radical (unpaired) electrons. The van der Waals surface area contributed by atoms with Crippen LogP contribution in [0.3, 0.4) is 0 Å². The number of likely N-dealkylation sites (tertiary alicyclic amines) is 1. The molecule has 0 amide bonds. The Hall–Kier alpha value is -1.46. The number of nitrogens with one attached hydrogen (secondary N) is 1. The Morgan fingerprint density at radius 2 is 2.08 bits per heavy atom. The lowest BCUT2D eigenvalue weighted by Gasteiger charge is -2.22. The zero-order chi connectivity index (χ0) is 17.6. The van der Waals surface area contributed by atoms with Crippen LogP contribution in [0.4, 0.5) is 4.39 Å². The lowest BCUT2D eigenvalue weighted by molar-refractivity contribution is 0.267. The van der Waals surface area contributed by atoms with E-state index in [2.05, 4.69) is 57.9 Å². The second-order valence-corrected chi connectivity index (χ2v) is 8.54. The van der Waals surface area contributed by atoms with E-state index in [1.54, 1.807) is 6.07 Å². The second kappa shape index (κ2) is 6.69. The molecule has 2 heterocycles. The van der Waals surface area contributed by atoms with E-state index in [0.29, 0.717) is 22.7 Å². The Kier molecular flexibility index (Phi) is 4.54. The van der Waals surface area contributed by atoms with Gasteiger partial charge in [0.1, 0.15) is 11.6 Å².